The van der Waals surface area contributed by atoms with Crippen LogP contribution in [-0.2, 0) is 0 Å². The summed E-state index contributed by atoms with van der Waals surface area (Å²) in [5.74, 6) is 1.39. The molecule has 2 aromatic rings. The third-order valence-electron chi connectivity index (χ3n) is 2.07. The Bertz CT molecular complexity index is 488. The van der Waals surface area contributed by atoms with Gasteiger partial charge in [-0.05, 0) is 30.3 Å². The smallest absolute Gasteiger partial charge is 0.137 e. The maximum absolute atomic E-state index is 5.78. The van der Waals surface area contributed by atoms with Crippen LogP contribution in [0.2, 0.25) is 0 Å². The Balaban J connectivity index is 2.24. The Hall–Kier alpha value is -1.68. The van der Waals surface area contributed by atoms with E-state index in [0.717, 1.165) is 15.5 Å². The molecule has 0 saturated carbocycles. The molecule has 0 spiro atoms. The second-order valence-corrected chi connectivity index (χ2v) is 4.28. The summed E-state index contributed by atoms with van der Waals surface area (Å²) < 4.78 is 5.16. The highest BCUT2D eigenvalue weighted by molar-refractivity contribution is 7.99. The van der Waals surface area contributed by atoms with Crippen molar-refractivity contribution in [1.29, 1.82) is 0 Å². The molecule has 0 bridgehead atoms. The summed E-state index contributed by atoms with van der Waals surface area (Å²) in [5, 5.41) is 0. The molecule has 1 aromatic carbocycles. The quantitative estimate of drug-likeness (QED) is 0.884. The predicted octanol–water partition coefficient (Wildman–Crippen LogP) is 2.82. The van der Waals surface area contributed by atoms with Gasteiger partial charge in [0.1, 0.15) is 11.6 Å². The number of rotatable bonds is 3. The van der Waals surface area contributed by atoms with Crippen molar-refractivity contribution in [3.8, 4) is 5.75 Å². The molecular weight excluding hydrogens is 220 g/mol. The first-order chi connectivity index (χ1) is 7.79. The van der Waals surface area contributed by atoms with E-state index in [1.807, 2.05) is 36.4 Å². The van der Waals surface area contributed by atoms with E-state index < -0.39 is 0 Å². The lowest BCUT2D eigenvalue weighted by Crippen LogP contribution is -1.91. The van der Waals surface area contributed by atoms with Gasteiger partial charge in [-0.2, -0.15) is 0 Å². The van der Waals surface area contributed by atoms with Crippen molar-refractivity contribution in [2.24, 2.45) is 0 Å². The lowest BCUT2D eigenvalue weighted by Gasteiger charge is -2.05. The first-order valence-corrected chi connectivity index (χ1v) is 5.63. The van der Waals surface area contributed by atoms with E-state index in [1.165, 1.54) is 0 Å². The number of pyridine rings is 1. The van der Waals surface area contributed by atoms with E-state index in [4.69, 9.17) is 10.5 Å². The summed E-state index contributed by atoms with van der Waals surface area (Å²) in [5.41, 5.74) is 5.78. The van der Waals surface area contributed by atoms with Gasteiger partial charge in [-0.25, -0.2) is 4.98 Å². The van der Waals surface area contributed by atoms with Crippen LogP contribution in [0.25, 0.3) is 0 Å². The van der Waals surface area contributed by atoms with Gasteiger partial charge in [0.2, 0.25) is 0 Å². The molecule has 0 unspecified atom stereocenters. The minimum Gasteiger partial charge on any atom is -0.497 e. The second-order valence-electron chi connectivity index (χ2n) is 3.17. The standard InChI is InChI=1S/C12H12N2OS/c1-15-9-4-2-5-10(8-9)16-11-6-3-7-14-12(11)13/h2-8H,1H3,(H2,13,14). The molecule has 3 nitrogen and oxygen atoms in total. The zero-order valence-electron chi connectivity index (χ0n) is 8.88. The Morgan fingerprint density at radius 1 is 1.25 bits per heavy atom. The van der Waals surface area contributed by atoms with Crippen LogP contribution in [-0.4, -0.2) is 12.1 Å². The second kappa shape index (κ2) is 4.90. The van der Waals surface area contributed by atoms with Crippen LogP contribution in [0.5, 0.6) is 5.75 Å². The third-order valence-corrected chi connectivity index (χ3v) is 3.12. The average molecular weight is 232 g/mol. The molecule has 0 aliphatic carbocycles. The first kappa shape index (κ1) is 10.8. The molecule has 82 valence electrons. The van der Waals surface area contributed by atoms with Crippen LogP contribution in [0.1, 0.15) is 0 Å². The Morgan fingerprint density at radius 2 is 2.12 bits per heavy atom. The lowest BCUT2D eigenvalue weighted by atomic mass is 10.3. The lowest BCUT2D eigenvalue weighted by molar-refractivity contribution is 0.413. The number of nitrogens with two attached hydrogens (primary N) is 1. The van der Waals surface area contributed by atoms with Gasteiger partial charge in [0.05, 0.1) is 12.0 Å². The van der Waals surface area contributed by atoms with Gasteiger partial charge in [0.15, 0.2) is 0 Å². The van der Waals surface area contributed by atoms with Gasteiger partial charge in [-0.3, -0.25) is 0 Å². The monoisotopic (exact) mass is 232 g/mol. The summed E-state index contributed by atoms with van der Waals surface area (Å²) in [6.07, 6.45) is 1.69. The summed E-state index contributed by atoms with van der Waals surface area (Å²) in [6.45, 7) is 0. The topological polar surface area (TPSA) is 48.1 Å². The van der Waals surface area contributed by atoms with Gasteiger partial charge in [0.25, 0.3) is 0 Å². The number of aromatic nitrogens is 1. The highest BCUT2D eigenvalue weighted by Crippen LogP contribution is 2.32. The van der Waals surface area contributed by atoms with E-state index >= 15 is 0 Å². The van der Waals surface area contributed by atoms with Crippen molar-refractivity contribution < 1.29 is 4.74 Å². The predicted molar refractivity (Wildman–Crippen MR) is 65.8 cm³/mol. The SMILES string of the molecule is COc1cccc(Sc2cccnc2N)c1. The molecule has 0 atom stereocenters. The molecule has 2 N–H and O–H groups in total. The van der Waals surface area contributed by atoms with Crippen LogP contribution in [0.15, 0.2) is 52.4 Å². The normalized spacial score (nSPS) is 10.1. The summed E-state index contributed by atoms with van der Waals surface area (Å²) >= 11 is 1.58. The van der Waals surface area contributed by atoms with Gasteiger partial charge < -0.3 is 10.5 Å². The Morgan fingerprint density at radius 3 is 2.88 bits per heavy atom. The summed E-state index contributed by atoms with van der Waals surface area (Å²) in [4.78, 5) is 6.08. The molecule has 4 heteroatoms. The first-order valence-electron chi connectivity index (χ1n) is 4.82. The van der Waals surface area contributed by atoms with Crippen molar-refractivity contribution in [3.63, 3.8) is 0 Å². The molecular formula is C12H12N2OS. The third kappa shape index (κ3) is 2.46. The Labute approximate surface area is 98.6 Å². The van der Waals surface area contributed by atoms with Crippen molar-refractivity contribution >= 4 is 17.6 Å². The van der Waals surface area contributed by atoms with Gasteiger partial charge in [-0.1, -0.05) is 17.8 Å². The maximum Gasteiger partial charge on any atom is 0.137 e. The van der Waals surface area contributed by atoms with Crippen LogP contribution >= 0.6 is 11.8 Å². The van der Waals surface area contributed by atoms with Crippen molar-refractivity contribution in [2.45, 2.75) is 9.79 Å². The van der Waals surface area contributed by atoms with Crippen molar-refractivity contribution in [2.75, 3.05) is 12.8 Å². The Kier molecular flexibility index (Phi) is 3.31. The highest BCUT2D eigenvalue weighted by atomic mass is 32.2. The molecule has 1 heterocycles. The van der Waals surface area contributed by atoms with Crippen LogP contribution < -0.4 is 10.5 Å². The molecule has 0 fully saturated rings. The fourth-order valence-corrected chi connectivity index (χ4v) is 2.16. The van der Waals surface area contributed by atoms with Gasteiger partial charge in [-0.15, -0.1) is 0 Å². The zero-order chi connectivity index (χ0) is 11.4. The molecule has 16 heavy (non-hydrogen) atoms. The number of methoxy groups -OCH3 is 1. The number of hydrogen-bond donors (Lipinski definition) is 1. The van der Waals surface area contributed by atoms with Crippen LogP contribution in [0.4, 0.5) is 5.82 Å². The number of benzene rings is 1. The minimum atomic E-state index is 0.551. The molecule has 0 saturated heterocycles. The number of anilines is 1. The summed E-state index contributed by atoms with van der Waals surface area (Å²) in [7, 11) is 1.65. The van der Waals surface area contributed by atoms with E-state index in [1.54, 1.807) is 25.1 Å². The number of hydrogen-bond acceptors (Lipinski definition) is 4. The van der Waals surface area contributed by atoms with E-state index in [9.17, 15) is 0 Å². The zero-order valence-corrected chi connectivity index (χ0v) is 9.70. The van der Waals surface area contributed by atoms with Crippen molar-refractivity contribution in [1.82, 2.24) is 4.98 Å². The van der Waals surface area contributed by atoms with Gasteiger partial charge >= 0.3 is 0 Å². The molecule has 0 radical (unpaired) electrons. The fraction of sp³-hybridized carbons (Fsp3) is 0.0833. The summed E-state index contributed by atoms with van der Waals surface area (Å²) in [6, 6.07) is 11.7. The van der Waals surface area contributed by atoms with Crippen molar-refractivity contribution in [3.05, 3.63) is 42.6 Å². The van der Waals surface area contributed by atoms with E-state index in [0.29, 0.717) is 5.82 Å². The molecule has 0 aliphatic heterocycles. The number of ether oxygens (including phenoxy) is 1. The van der Waals surface area contributed by atoms with E-state index in [2.05, 4.69) is 4.98 Å². The largest absolute Gasteiger partial charge is 0.497 e. The molecule has 0 amide bonds. The maximum atomic E-state index is 5.78. The molecule has 2 rings (SSSR count). The van der Waals surface area contributed by atoms with Gasteiger partial charge in [0, 0.05) is 11.1 Å². The number of nitrogen functional groups attached to an aromatic ring is 1. The fourth-order valence-electron chi connectivity index (χ4n) is 1.28. The molecule has 0 aliphatic rings. The van der Waals surface area contributed by atoms with E-state index in [-0.39, 0.29) is 0 Å². The van der Waals surface area contributed by atoms with Crippen LogP contribution in [0, 0.1) is 0 Å². The van der Waals surface area contributed by atoms with Crippen LogP contribution in [0.3, 0.4) is 0 Å². The minimum absolute atomic E-state index is 0.551. The highest BCUT2D eigenvalue weighted by Gasteiger charge is 2.02. The average Bonchev–Trinajstić information content (AvgIpc) is 2.32. The number of nitrogens with zero attached hydrogens (tertiary/aromatic N) is 1. The molecule has 1 aromatic heterocycles.